The summed E-state index contributed by atoms with van der Waals surface area (Å²) in [5.41, 5.74) is 4.41. The van der Waals surface area contributed by atoms with Crippen LogP contribution in [-0.2, 0) is 10.0 Å². The topological polar surface area (TPSA) is 132 Å². The summed E-state index contributed by atoms with van der Waals surface area (Å²) in [5.74, 6) is -1.82. The minimum atomic E-state index is -5.12. The normalized spacial score (nSPS) is 11.9. The number of ether oxygens (including phenoxy) is 1. The van der Waals surface area contributed by atoms with Gasteiger partial charge in [0, 0.05) is 6.07 Å². The van der Waals surface area contributed by atoms with Gasteiger partial charge in [-0.2, -0.15) is 5.26 Å². The van der Waals surface area contributed by atoms with Crippen molar-refractivity contribution in [3.63, 3.8) is 0 Å². The first-order chi connectivity index (χ1) is 8.04. The molecule has 0 bridgehead atoms. The first-order valence-electron chi connectivity index (χ1n) is 4.04. The van der Waals surface area contributed by atoms with E-state index >= 15 is 0 Å². The third-order valence-electron chi connectivity index (χ3n) is 1.62. The number of nitrogen functional groups attached to an aromatic ring is 1. The summed E-state index contributed by atoms with van der Waals surface area (Å²) in [6, 6.07) is 1.69. The first kappa shape index (κ1) is 14.0. The maximum absolute atomic E-state index is 12.0. The van der Waals surface area contributed by atoms with Crippen molar-refractivity contribution in [1.82, 2.24) is 4.98 Å². The SMILES string of the molecule is N#Cc1c(OC(F)(F)F)cc(S(N)(=O)=O)nc1N. The van der Waals surface area contributed by atoms with Crippen LogP contribution in [0.1, 0.15) is 5.56 Å². The van der Waals surface area contributed by atoms with Gasteiger partial charge in [0.25, 0.3) is 10.0 Å². The van der Waals surface area contributed by atoms with E-state index in [0.717, 1.165) is 0 Å². The summed E-state index contributed by atoms with van der Waals surface area (Å²) < 4.78 is 61.5. The number of aromatic nitrogens is 1. The third kappa shape index (κ3) is 3.22. The summed E-state index contributed by atoms with van der Waals surface area (Å²) in [6.45, 7) is 0. The molecule has 0 atom stereocenters. The van der Waals surface area contributed by atoms with Crippen LogP contribution in [0, 0.1) is 11.3 Å². The molecular weight excluding hydrogens is 277 g/mol. The molecule has 1 aromatic heterocycles. The summed E-state index contributed by atoms with van der Waals surface area (Å²) >= 11 is 0. The van der Waals surface area contributed by atoms with Crippen LogP contribution in [0.25, 0.3) is 0 Å². The fourth-order valence-electron chi connectivity index (χ4n) is 0.981. The van der Waals surface area contributed by atoms with E-state index in [4.69, 9.17) is 11.0 Å². The molecule has 4 N–H and O–H groups in total. The zero-order valence-corrected chi connectivity index (χ0v) is 9.21. The highest BCUT2D eigenvalue weighted by molar-refractivity contribution is 7.89. The number of primary sulfonamides is 1. The molecule has 0 unspecified atom stereocenters. The number of sulfonamides is 1. The van der Waals surface area contributed by atoms with E-state index in [1.54, 1.807) is 0 Å². The molecule has 7 nitrogen and oxygen atoms in total. The van der Waals surface area contributed by atoms with Gasteiger partial charge in [-0.05, 0) is 0 Å². The number of nitriles is 1. The molecule has 18 heavy (non-hydrogen) atoms. The number of alkyl halides is 3. The molecule has 0 aliphatic carbocycles. The van der Waals surface area contributed by atoms with Gasteiger partial charge in [-0.3, -0.25) is 0 Å². The highest BCUT2D eigenvalue weighted by Crippen LogP contribution is 2.30. The average Bonchev–Trinajstić information content (AvgIpc) is 2.13. The Hall–Kier alpha value is -2.06. The lowest BCUT2D eigenvalue weighted by Crippen LogP contribution is -2.20. The van der Waals surface area contributed by atoms with Crippen molar-refractivity contribution < 1.29 is 26.3 Å². The number of rotatable bonds is 2. The van der Waals surface area contributed by atoms with Gasteiger partial charge in [-0.15, -0.1) is 13.2 Å². The first-order valence-corrected chi connectivity index (χ1v) is 5.58. The molecule has 98 valence electrons. The molecule has 0 aliphatic heterocycles. The van der Waals surface area contributed by atoms with E-state index in [0.29, 0.717) is 6.07 Å². The van der Waals surface area contributed by atoms with Crippen LogP contribution in [0.3, 0.4) is 0 Å². The molecule has 1 heterocycles. The monoisotopic (exact) mass is 282 g/mol. The molecule has 11 heteroatoms. The van der Waals surface area contributed by atoms with Gasteiger partial charge in [0.2, 0.25) is 0 Å². The quantitative estimate of drug-likeness (QED) is 0.789. The van der Waals surface area contributed by atoms with Crippen LogP contribution < -0.4 is 15.6 Å². The Morgan fingerprint density at radius 1 is 1.44 bits per heavy atom. The summed E-state index contributed by atoms with van der Waals surface area (Å²) in [6.07, 6.45) is -5.12. The molecule has 0 aliphatic rings. The smallest absolute Gasteiger partial charge is 0.404 e. The Labute approximate surface area is 98.8 Å². The second kappa shape index (κ2) is 4.31. The number of anilines is 1. The van der Waals surface area contributed by atoms with Gasteiger partial charge in [-0.25, -0.2) is 18.5 Å². The van der Waals surface area contributed by atoms with Crippen LogP contribution in [0.5, 0.6) is 5.75 Å². The van der Waals surface area contributed by atoms with Gasteiger partial charge in [0.1, 0.15) is 17.5 Å². The minimum Gasteiger partial charge on any atom is -0.404 e. The maximum Gasteiger partial charge on any atom is 0.573 e. The lowest BCUT2D eigenvalue weighted by molar-refractivity contribution is -0.274. The molecule has 0 fully saturated rings. The fraction of sp³-hybridized carbons (Fsp3) is 0.143. The van der Waals surface area contributed by atoms with E-state index < -0.39 is 38.5 Å². The lowest BCUT2D eigenvalue weighted by Gasteiger charge is -2.11. The molecule has 0 aromatic carbocycles. The van der Waals surface area contributed by atoms with E-state index in [9.17, 15) is 21.6 Å². The van der Waals surface area contributed by atoms with Crippen molar-refractivity contribution >= 4 is 15.8 Å². The Morgan fingerprint density at radius 2 is 2.00 bits per heavy atom. The van der Waals surface area contributed by atoms with E-state index in [1.807, 2.05) is 0 Å². The number of hydrogen-bond acceptors (Lipinski definition) is 6. The Morgan fingerprint density at radius 3 is 2.39 bits per heavy atom. The predicted octanol–water partition coefficient (Wildman–Crippen LogP) is 0.0815. The highest BCUT2D eigenvalue weighted by Gasteiger charge is 2.33. The number of nitrogens with zero attached hydrogens (tertiary/aromatic N) is 2. The lowest BCUT2D eigenvalue weighted by atomic mass is 10.2. The van der Waals surface area contributed by atoms with Crippen LogP contribution in [-0.4, -0.2) is 19.8 Å². The highest BCUT2D eigenvalue weighted by atomic mass is 32.2. The predicted molar refractivity (Wildman–Crippen MR) is 51.4 cm³/mol. The van der Waals surface area contributed by atoms with Crippen molar-refractivity contribution in [3.05, 3.63) is 11.6 Å². The van der Waals surface area contributed by atoms with Crippen LogP contribution in [0.2, 0.25) is 0 Å². The fourth-order valence-corrected chi connectivity index (χ4v) is 1.48. The zero-order chi connectivity index (χ0) is 14.1. The van der Waals surface area contributed by atoms with Crippen LogP contribution in [0.15, 0.2) is 11.1 Å². The van der Waals surface area contributed by atoms with Crippen molar-refractivity contribution in [2.24, 2.45) is 5.14 Å². The number of halogens is 3. The third-order valence-corrected chi connectivity index (χ3v) is 2.41. The zero-order valence-electron chi connectivity index (χ0n) is 8.39. The van der Waals surface area contributed by atoms with Crippen molar-refractivity contribution in [2.75, 3.05) is 5.73 Å². The van der Waals surface area contributed by atoms with Gasteiger partial charge in [0.05, 0.1) is 0 Å². The number of hydrogen-bond donors (Lipinski definition) is 2. The second-order valence-corrected chi connectivity index (χ2v) is 4.43. The van der Waals surface area contributed by atoms with Crippen molar-refractivity contribution in [1.29, 1.82) is 5.26 Å². The summed E-state index contributed by atoms with van der Waals surface area (Å²) in [4.78, 5) is 3.20. The van der Waals surface area contributed by atoms with Gasteiger partial charge in [-0.1, -0.05) is 0 Å². The second-order valence-electron chi connectivity index (χ2n) is 2.92. The van der Waals surface area contributed by atoms with Gasteiger partial charge < -0.3 is 10.5 Å². The number of pyridine rings is 1. The van der Waals surface area contributed by atoms with Crippen LogP contribution in [0.4, 0.5) is 19.0 Å². The molecule has 0 saturated carbocycles. The largest absolute Gasteiger partial charge is 0.573 e. The Kier molecular flexibility index (Phi) is 3.36. The van der Waals surface area contributed by atoms with Gasteiger partial charge >= 0.3 is 6.36 Å². The Balaban J connectivity index is 3.48. The van der Waals surface area contributed by atoms with E-state index in [-0.39, 0.29) is 0 Å². The average molecular weight is 282 g/mol. The van der Waals surface area contributed by atoms with Gasteiger partial charge in [0.15, 0.2) is 10.8 Å². The molecule has 1 rings (SSSR count). The van der Waals surface area contributed by atoms with Crippen molar-refractivity contribution in [3.8, 4) is 11.8 Å². The Bertz CT molecular complexity index is 620. The van der Waals surface area contributed by atoms with Crippen molar-refractivity contribution in [2.45, 2.75) is 11.4 Å². The van der Waals surface area contributed by atoms with E-state index in [2.05, 4.69) is 14.9 Å². The van der Waals surface area contributed by atoms with Crippen LogP contribution >= 0.6 is 0 Å². The minimum absolute atomic E-state index is 0.373. The molecule has 1 aromatic rings. The maximum atomic E-state index is 12.0. The summed E-state index contributed by atoms with van der Waals surface area (Å²) in [7, 11) is -4.38. The standard InChI is InChI=1S/C7H5F3N4O3S/c8-7(9,10)17-4-1-5(18(13,15)16)14-6(12)3(4)2-11/h1H,(H2,12,14)(H2,13,15,16). The molecular formula is C7H5F3N4O3S. The van der Waals surface area contributed by atoms with E-state index in [1.165, 1.54) is 6.07 Å². The molecule has 0 radical (unpaired) electrons. The molecule has 0 spiro atoms. The molecule has 0 amide bonds. The summed E-state index contributed by atoms with van der Waals surface area (Å²) in [5, 5.41) is 12.3. The number of nitrogens with two attached hydrogens (primary N) is 2. The molecule has 0 saturated heterocycles.